The van der Waals surface area contributed by atoms with Gasteiger partial charge in [0.15, 0.2) is 0 Å². The molecule has 0 radical (unpaired) electrons. The smallest absolute Gasteiger partial charge is 0.313 e. The van der Waals surface area contributed by atoms with Crippen molar-refractivity contribution in [2.75, 3.05) is 6.61 Å². The van der Waals surface area contributed by atoms with Crippen LogP contribution in [0.2, 0.25) is 0 Å². The van der Waals surface area contributed by atoms with Gasteiger partial charge in [-0.2, -0.15) is 0 Å². The van der Waals surface area contributed by atoms with Crippen LogP contribution >= 0.6 is 0 Å². The molecule has 1 aromatic carbocycles. The number of ether oxygens (including phenoxy) is 2. The first-order valence-corrected chi connectivity index (χ1v) is 20.3. The Morgan fingerprint density at radius 2 is 1.54 bits per heavy atom. The van der Waals surface area contributed by atoms with Crippen LogP contribution in [-0.4, -0.2) is 24.3 Å². The predicted molar refractivity (Wildman–Crippen MR) is 197 cm³/mol. The Labute approximate surface area is 302 Å². The van der Waals surface area contributed by atoms with Crippen LogP contribution in [0.25, 0.3) is 0 Å². The average Bonchev–Trinajstić information content (AvgIpc) is 3.62. The first-order chi connectivity index (χ1) is 23.7. The molecule has 7 rings (SSSR count). The monoisotopic (exact) mass is 684 g/mol. The summed E-state index contributed by atoms with van der Waals surface area (Å²) in [4.78, 5) is 41.1. The number of fused-ring (bicyclic) bond motifs is 7. The summed E-state index contributed by atoms with van der Waals surface area (Å²) in [7, 11) is 0. The maximum absolute atomic E-state index is 14.3. The number of hydrogen-bond acceptors (Lipinski definition) is 5. The number of allylic oxidation sites excluding steroid dienone is 2. The highest BCUT2D eigenvalue weighted by molar-refractivity contribution is 5.86. The van der Waals surface area contributed by atoms with Crippen molar-refractivity contribution in [3.05, 3.63) is 47.5 Å². The van der Waals surface area contributed by atoms with Gasteiger partial charge in [-0.15, -0.1) is 0 Å². The highest BCUT2D eigenvalue weighted by Crippen LogP contribution is 2.75. The van der Waals surface area contributed by atoms with Crippen LogP contribution in [0.4, 0.5) is 0 Å². The van der Waals surface area contributed by atoms with E-state index < -0.39 is 10.8 Å². The highest BCUT2D eigenvalue weighted by Gasteiger charge is 2.70. The molecular weight excluding hydrogens is 620 g/mol. The van der Waals surface area contributed by atoms with E-state index >= 15 is 0 Å². The van der Waals surface area contributed by atoms with Crippen molar-refractivity contribution in [1.29, 1.82) is 0 Å². The molecular formula is C45H64O5. The van der Waals surface area contributed by atoms with E-state index in [9.17, 15) is 14.4 Å². The molecule has 0 amide bonds. The lowest BCUT2D eigenvalue weighted by Crippen LogP contribution is -2.65. The number of carbonyl (C=O) groups is 3. The van der Waals surface area contributed by atoms with Crippen molar-refractivity contribution in [1.82, 2.24) is 0 Å². The van der Waals surface area contributed by atoms with Crippen molar-refractivity contribution in [2.24, 2.45) is 56.2 Å². The fourth-order valence-electron chi connectivity index (χ4n) is 13.2. The first kappa shape index (κ1) is 36.0. The molecule has 0 aromatic heterocycles. The molecule has 5 saturated carbocycles. The Morgan fingerprint density at radius 3 is 2.28 bits per heavy atom. The number of carbonyl (C=O) groups excluding carboxylic acids is 3. The Morgan fingerprint density at radius 1 is 0.820 bits per heavy atom. The summed E-state index contributed by atoms with van der Waals surface area (Å²) in [5.74, 6) is 1.64. The average molecular weight is 685 g/mol. The van der Waals surface area contributed by atoms with Gasteiger partial charge in [0, 0.05) is 12.8 Å². The number of benzene rings is 1. The van der Waals surface area contributed by atoms with Crippen LogP contribution in [0.5, 0.6) is 0 Å². The van der Waals surface area contributed by atoms with Crippen LogP contribution in [0, 0.1) is 56.2 Å². The number of rotatable bonds is 8. The quantitative estimate of drug-likeness (QED) is 0.201. The van der Waals surface area contributed by atoms with E-state index in [0.717, 1.165) is 69.8 Å². The Kier molecular flexibility index (Phi) is 9.28. The Balaban J connectivity index is 1.14. The van der Waals surface area contributed by atoms with Gasteiger partial charge in [0.05, 0.1) is 10.8 Å². The van der Waals surface area contributed by atoms with Crippen LogP contribution in [-0.2, 0) is 30.5 Å². The predicted octanol–water partition coefficient (Wildman–Crippen LogP) is 10.6. The van der Waals surface area contributed by atoms with Gasteiger partial charge in [-0.1, -0.05) is 102 Å². The zero-order valence-electron chi connectivity index (χ0n) is 32.0. The Hall–Kier alpha value is -2.43. The van der Waals surface area contributed by atoms with E-state index in [4.69, 9.17) is 9.47 Å². The third-order valence-electron chi connectivity index (χ3n) is 16.6. The van der Waals surface area contributed by atoms with Gasteiger partial charge in [-0.05, 0) is 122 Å². The molecule has 50 heavy (non-hydrogen) atoms. The minimum Gasteiger partial charge on any atom is -0.465 e. The van der Waals surface area contributed by atoms with Gasteiger partial charge >= 0.3 is 11.9 Å². The molecule has 8 atom stereocenters. The Bertz CT molecular complexity index is 1500. The third kappa shape index (κ3) is 5.74. The zero-order chi connectivity index (χ0) is 35.6. The molecule has 5 nitrogen and oxygen atoms in total. The second kappa shape index (κ2) is 12.9. The third-order valence-corrected chi connectivity index (χ3v) is 16.6. The number of Topliss-reactive ketones (excluding diaryl/α,β-unsaturated/α-hetero) is 1. The van der Waals surface area contributed by atoms with Crippen molar-refractivity contribution >= 4 is 17.7 Å². The molecule has 0 N–H and O–H groups in total. The minimum atomic E-state index is -0.639. The lowest BCUT2D eigenvalue weighted by molar-refractivity contribution is -0.198. The second-order valence-electron chi connectivity index (χ2n) is 19.6. The van der Waals surface area contributed by atoms with E-state index in [1.807, 2.05) is 30.3 Å². The summed E-state index contributed by atoms with van der Waals surface area (Å²) in [6.45, 7) is 15.0. The summed E-state index contributed by atoms with van der Waals surface area (Å²) in [6, 6.07) is 10.1. The van der Waals surface area contributed by atoms with Gasteiger partial charge < -0.3 is 9.47 Å². The minimum absolute atomic E-state index is 0.00657. The van der Waals surface area contributed by atoms with E-state index in [2.05, 4.69) is 47.6 Å². The topological polar surface area (TPSA) is 69.7 Å². The van der Waals surface area contributed by atoms with Crippen molar-refractivity contribution in [3.8, 4) is 0 Å². The van der Waals surface area contributed by atoms with Gasteiger partial charge in [0.1, 0.15) is 19.0 Å². The number of esters is 2. The van der Waals surface area contributed by atoms with Crippen LogP contribution in [0.15, 0.2) is 42.0 Å². The summed E-state index contributed by atoms with van der Waals surface area (Å²) < 4.78 is 12.2. The summed E-state index contributed by atoms with van der Waals surface area (Å²) in [6.07, 6.45) is 18.4. The lowest BCUT2D eigenvalue weighted by atomic mass is 9.33. The molecule has 5 heteroatoms. The maximum atomic E-state index is 14.3. The molecule has 5 fully saturated rings. The lowest BCUT2D eigenvalue weighted by Gasteiger charge is -2.70. The van der Waals surface area contributed by atoms with E-state index in [0.29, 0.717) is 31.3 Å². The van der Waals surface area contributed by atoms with E-state index in [1.54, 1.807) is 0 Å². The SMILES string of the molecule is CC1(C)CC[C@]2(C(=O)OCc3ccccc3)CC[C@]3(C)C(=CC[C@@H]4[C@@]5(C)CCC(=O)[C@@](C)(COC(=O)CCC6CCCC6)[C@@H]5CC[C@]43C)[C@@H]2C1. The van der Waals surface area contributed by atoms with Gasteiger partial charge in [-0.25, -0.2) is 0 Å². The summed E-state index contributed by atoms with van der Waals surface area (Å²) >= 11 is 0. The summed E-state index contributed by atoms with van der Waals surface area (Å²) in [5, 5.41) is 0. The highest BCUT2D eigenvalue weighted by atomic mass is 16.5. The van der Waals surface area contributed by atoms with Crippen molar-refractivity contribution in [2.45, 2.75) is 151 Å². The van der Waals surface area contributed by atoms with Crippen LogP contribution in [0.3, 0.4) is 0 Å². The first-order valence-electron chi connectivity index (χ1n) is 20.3. The maximum Gasteiger partial charge on any atom is 0.313 e. The molecule has 274 valence electrons. The zero-order valence-corrected chi connectivity index (χ0v) is 32.0. The van der Waals surface area contributed by atoms with Crippen molar-refractivity contribution < 1.29 is 23.9 Å². The van der Waals surface area contributed by atoms with Gasteiger partial charge in [-0.3, -0.25) is 14.4 Å². The molecule has 6 aliphatic carbocycles. The standard InChI is InChI=1S/C45H64O5/c1-40(2)24-26-45(39(48)49-29-32-14-8-7-9-15-32)27-25-43(5)33(34(45)28-40)17-18-36-41(3)22-21-37(46)42(4,35(41)20-23-44(36,43)6)30-50-38(47)19-16-31-12-10-11-13-31/h7-9,14-15,17,31,34-36H,10-13,16,18-30H2,1-6H3/t34-,35+,36+,41-,42-,43+,44+,45-/m0/s1. The molecule has 1 aromatic rings. The molecule has 0 heterocycles. The summed E-state index contributed by atoms with van der Waals surface area (Å²) in [5.41, 5.74) is 1.66. The fraction of sp³-hybridized carbons (Fsp3) is 0.756. The molecule has 0 unspecified atom stereocenters. The molecule has 6 aliphatic rings. The molecule has 0 saturated heterocycles. The molecule has 0 spiro atoms. The number of ketones is 1. The molecule has 0 aliphatic heterocycles. The van der Waals surface area contributed by atoms with Gasteiger partial charge in [0.25, 0.3) is 0 Å². The van der Waals surface area contributed by atoms with Gasteiger partial charge in [0.2, 0.25) is 0 Å². The van der Waals surface area contributed by atoms with E-state index in [1.165, 1.54) is 31.3 Å². The van der Waals surface area contributed by atoms with Crippen LogP contribution < -0.4 is 0 Å². The largest absolute Gasteiger partial charge is 0.465 e. The van der Waals surface area contributed by atoms with E-state index in [-0.39, 0.29) is 57.8 Å². The number of hydrogen-bond donors (Lipinski definition) is 0. The normalized spacial score (nSPS) is 40.8. The van der Waals surface area contributed by atoms with Crippen LogP contribution in [0.1, 0.15) is 150 Å². The second-order valence-corrected chi connectivity index (χ2v) is 19.6. The molecule has 0 bridgehead atoms. The van der Waals surface area contributed by atoms with Crippen molar-refractivity contribution in [3.63, 3.8) is 0 Å². The fourth-order valence-corrected chi connectivity index (χ4v) is 13.2.